The summed E-state index contributed by atoms with van der Waals surface area (Å²) in [4.78, 5) is 27.6. The Bertz CT molecular complexity index is 1400. The van der Waals surface area contributed by atoms with Crippen LogP contribution >= 0.6 is 12.2 Å². The molecule has 0 aliphatic rings. The number of fused-ring (bicyclic) bond motifs is 1. The van der Waals surface area contributed by atoms with Gasteiger partial charge in [-0.05, 0) is 72.7 Å². The SMILES string of the molecule is CCc1ccc2oc(-c3ccc(NC(=S)NC(=O)c4ccc(OC)c([N+](=O)[O-])c4)cc3)nc2c1. The van der Waals surface area contributed by atoms with E-state index in [2.05, 4.69) is 22.5 Å². The average Bonchev–Trinajstić information content (AvgIpc) is 3.27. The lowest BCUT2D eigenvalue weighted by Crippen LogP contribution is -2.34. The molecule has 1 heterocycles. The van der Waals surface area contributed by atoms with Crippen molar-refractivity contribution < 1.29 is 18.9 Å². The number of anilines is 1. The molecule has 0 aliphatic heterocycles. The maximum atomic E-state index is 12.5. The van der Waals surface area contributed by atoms with Gasteiger partial charge in [-0.1, -0.05) is 13.0 Å². The molecule has 4 rings (SSSR count). The molecule has 0 unspecified atom stereocenters. The number of hydrogen-bond acceptors (Lipinski definition) is 7. The Kier molecular flexibility index (Phi) is 6.51. The zero-order valence-electron chi connectivity index (χ0n) is 18.3. The van der Waals surface area contributed by atoms with Crippen molar-refractivity contribution >= 4 is 45.7 Å². The molecule has 34 heavy (non-hydrogen) atoms. The van der Waals surface area contributed by atoms with Crippen molar-refractivity contribution in [3.05, 3.63) is 81.9 Å². The largest absolute Gasteiger partial charge is 0.490 e. The molecular formula is C24H20N4O5S. The van der Waals surface area contributed by atoms with Gasteiger partial charge >= 0.3 is 5.69 Å². The number of carbonyl (C=O) groups excluding carboxylic acids is 1. The number of rotatable bonds is 6. The Morgan fingerprint density at radius 3 is 2.59 bits per heavy atom. The topological polar surface area (TPSA) is 120 Å². The maximum absolute atomic E-state index is 12.5. The van der Waals surface area contributed by atoms with Gasteiger partial charge in [-0.15, -0.1) is 0 Å². The third-order valence-corrected chi connectivity index (χ3v) is 5.32. The molecule has 9 nitrogen and oxygen atoms in total. The number of thiocarbonyl (C=S) groups is 1. The fourth-order valence-corrected chi connectivity index (χ4v) is 3.53. The molecule has 3 aromatic carbocycles. The fourth-order valence-electron chi connectivity index (χ4n) is 3.32. The Labute approximate surface area is 199 Å². The summed E-state index contributed by atoms with van der Waals surface area (Å²) in [7, 11) is 1.32. The standard InChI is InChI=1S/C24H20N4O5S/c1-3-14-4-10-20-18(12-14)26-23(33-20)15-5-8-17(9-6-15)25-24(34)27-22(29)16-7-11-21(32-2)19(13-16)28(30)31/h4-13H,3H2,1-2H3,(H2,25,27,29,34). The predicted molar refractivity (Wildman–Crippen MR) is 132 cm³/mol. The van der Waals surface area contributed by atoms with Gasteiger partial charge in [0.2, 0.25) is 5.89 Å². The van der Waals surface area contributed by atoms with Crippen molar-refractivity contribution in [3.63, 3.8) is 0 Å². The van der Waals surface area contributed by atoms with Crippen molar-refractivity contribution in [1.82, 2.24) is 10.3 Å². The zero-order chi connectivity index (χ0) is 24.2. The normalized spacial score (nSPS) is 10.6. The first kappa shape index (κ1) is 22.9. The van der Waals surface area contributed by atoms with Crippen LogP contribution in [0.4, 0.5) is 11.4 Å². The number of nitro benzene ring substituents is 1. The highest BCUT2D eigenvalue weighted by atomic mass is 32.1. The number of nitrogens with zero attached hydrogens (tertiary/aromatic N) is 2. The van der Waals surface area contributed by atoms with Gasteiger partial charge in [0.1, 0.15) is 5.52 Å². The Morgan fingerprint density at radius 1 is 1.15 bits per heavy atom. The van der Waals surface area contributed by atoms with Crippen LogP contribution in [0.25, 0.3) is 22.6 Å². The van der Waals surface area contributed by atoms with E-state index in [1.165, 1.54) is 24.8 Å². The van der Waals surface area contributed by atoms with Crippen molar-refractivity contribution in [2.75, 3.05) is 12.4 Å². The molecule has 0 radical (unpaired) electrons. The molecular weight excluding hydrogens is 456 g/mol. The summed E-state index contributed by atoms with van der Waals surface area (Å²) in [6.45, 7) is 2.08. The molecule has 0 saturated carbocycles. The van der Waals surface area contributed by atoms with Crippen molar-refractivity contribution in [3.8, 4) is 17.2 Å². The van der Waals surface area contributed by atoms with E-state index in [0.29, 0.717) is 11.6 Å². The summed E-state index contributed by atoms with van der Waals surface area (Å²) >= 11 is 5.21. The summed E-state index contributed by atoms with van der Waals surface area (Å²) < 4.78 is 10.8. The molecule has 0 spiro atoms. The molecule has 1 amide bonds. The van der Waals surface area contributed by atoms with Crippen LogP contribution in [0, 0.1) is 10.1 Å². The van der Waals surface area contributed by atoms with Gasteiger partial charge in [0.25, 0.3) is 5.91 Å². The number of hydrogen-bond donors (Lipinski definition) is 2. The van der Waals surface area contributed by atoms with Crippen LogP contribution in [-0.4, -0.2) is 28.0 Å². The van der Waals surface area contributed by atoms with E-state index in [9.17, 15) is 14.9 Å². The molecule has 4 aromatic rings. The second kappa shape index (κ2) is 9.67. The first-order valence-electron chi connectivity index (χ1n) is 10.3. The quantitative estimate of drug-likeness (QED) is 0.224. The molecule has 2 N–H and O–H groups in total. The highest BCUT2D eigenvalue weighted by Gasteiger charge is 2.19. The number of nitro groups is 1. The van der Waals surface area contributed by atoms with E-state index in [1.54, 1.807) is 12.1 Å². The van der Waals surface area contributed by atoms with Crippen LogP contribution in [0.15, 0.2) is 65.1 Å². The molecule has 10 heteroatoms. The first-order chi connectivity index (χ1) is 16.4. The minimum Gasteiger partial charge on any atom is -0.490 e. The van der Waals surface area contributed by atoms with Crippen LogP contribution in [0.5, 0.6) is 5.75 Å². The lowest BCUT2D eigenvalue weighted by molar-refractivity contribution is -0.385. The van der Waals surface area contributed by atoms with Gasteiger partial charge in [-0.3, -0.25) is 20.2 Å². The number of ether oxygens (including phenoxy) is 1. The molecule has 1 aromatic heterocycles. The monoisotopic (exact) mass is 476 g/mol. The second-order valence-electron chi connectivity index (χ2n) is 7.30. The summed E-state index contributed by atoms with van der Waals surface area (Å²) in [6.07, 6.45) is 0.921. The number of oxazole rings is 1. The minimum absolute atomic E-state index is 0.0465. The maximum Gasteiger partial charge on any atom is 0.311 e. The van der Waals surface area contributed by atoms with Crippen molar-refractivity contribution in [2.45, 2.75) is 13.3 Å². The Hall–Kier alpha value is -4.31. The van der Waals surface area contributed by atoms with Crippen LogP contribution in [-0.2, 0) is 6.42 Å². The van der Waals surface area contributed by atoms with E-state index < -0.39 is 10.8 Å². The number of methoxy groups -OCH3 is 1. The summed E-state index contributed by atoms with van der Waals surface area (Å²) in [5.41, 5.74) is 3.91. The number of amides is 1. The molecule has 172 valence electrons. The second-order valence-corrected chi connectivity index (χ2v) is 7.71. The van der Waals surface area contributed by atoms with Gasteiger partial charge in [0, 0.05) is 22.9 Å². The van der Waals surface area contributed by atoms with E-state index in [4.69, 9.17) is 21.4 Å². The molecule has 0 atom stereocenters. The predicted octanol–water partition coefficient (Wildman–Crippen LogP) is 5.10. The van der Waals surface area contributed by atoms with Crippen molar-refractivity contribution in [1.29, 1.82) is 0 Å². The van der Waals surface area contributed by atoms with Gasteiger partial charge < -0.3 is 14.5 Å². The van der Waals surface area contributed by atoms with Crippen LogP contribution < -0.4 is 15.4 Å². The Balaban J connectivity index is 1.42. The summed E-state index contributed by atoms with van der Waals surface area (Å²) in [6, 6.07) is 17.1. The van der Waals surface area contributed by atoms with E-state index in [-0.39, 0.29) is 22.1 Å². The Morgan fingerprint density at radius 2 is 1.91 bits per heavy atom. The minimum atomic E-state index is -0.618. The number of nitrogens with one attached hydrogen (secondary N) is 2. The van der Waals surface area contributed by atoms with E-state index in [1.807, 2.05) is 30.3 Å². The van der Waals surface area contributed by atoms with Crippen molar-refractivity contribution in [2.24, 2.45) is 0 Å². The van der Waals surface area contributed by atoms with Gasteiger partial charge in [0.05, 0.1) is 12.0 Å². The van der Waals surface area contributed by atoms with Crippen LogP contribution in [0.2, 0.25) is 0 Å². The zero-order valence-corrected chi connectivity index (χ0v) is 19.1. The number of benzene rings is 3. The third kappa shape index (κ3) is 4.86. The van der Waals surface area contributed by atoms with E-state index >= 15 is 0 Å². The number of aromatic nitrogens is 1. The third-order valence-electron chi connectivity index (χ3n) is 5.11. The first-order valence-corrected chi connectivity index (χ1v) is 10.7. The van der Waals surface area contributed by atoms with Gasteiger partial charge in [0.15, 0.2) is 16.4 Å². The van der Waals surface area contributed by atoms with Crippen LogP contribution in [0.3, 0.4) is 0 Å². The van der Waals surface area contributed by atoms with Crippen LogP contribution in [0.1, 0.15) is 22.8 Å². The molecule has 0 bridgehead atoms. The van der Waals surface area contributed by atoms with E-state index in [0.717, 1.165) is 29.2 Å². The highest BCUT2D eigenvalue weighted by Crippen LogP contribution is 2.28. The molecule has 0 aliphatic carbocycles. The van der Waals surface area contributed by atoms with Gasteiger partial charge in [-0.2, -0.15) is 0 Å². The number of carbonyl (C=O) groups is 1. The smallest absolute Gasteiger partial charge is 0.311 e. The lowest BCUT2D eigenvalue weighted by atomic mass is 10.1. The summed E-state index contributed by atoms with van der Waals surface area (Å²) in [5.74, 6) is -0.0170. The molecule has 0 saturated heterocycles. The lowest BCUT2D eigenvalue weighted by Gasteiger charge is -2.10. The highest BCUT2D eigenvalue weighted by molar-refractivity contribution is 7.80. The average molecular weight is 477 g/mol. The summed E-state index contributed by atoms with van der Waals surface area (Å²) in [5, 5.41) is 16.6. The molecule has 0 fully saturated rings. The number of aryl methyl sites for hydroxylation is 1. The fraction of sp³-hybridized carbons (Fsp3) is 0.125. The van der Waals surface area contributed by atoms with Gasteiger partial charge in [-0.25, -0.2) is 4.98 Å².